The van der Waals surface area contributed by atoms with Crippen LogP contribution in [0, 0.1) is 69.2 Å². The molecular formula is C36H44O3. The molecule has 3 nitrogen and oxygen atoms in total. The van der Waals surface area contributed by atoms with E-state index in [-0.39, 0.29) is 0 Å². The third-order valence-corrected chi connectivity index (χ3v) is 7.20. The molecule has 0 saturated carbocycles. The molecule has 0 unspecified atom stereocenters. The predicted molar refractivity (Wildman–Crippen MR) is 165 cm³/mol. The van der Waals surface area contributed by atoms with Gasteiger partial charge < -0.3 is 10.2 Å². The van der Waals surface area contributed by atoms with Gasteiger partial charge in [-0.05, 0) is 144 Å². The highest BCUT2D eigenvalue weighted by Crippen LogP contribution is 2.21. The number of phenolic OH excluding ortho intramolecular Hbond substituents is 1. The molecular weight excluding hydrogens is 480 g/mol. The number of carbonyl (C=O) groups is 1. The topological polar surface area (TPSA) is 57.5 Å². The van der Waals surface area contributed by atoms with Crippen LogP contribution in [0.5, 0.6) is 5.75 Å². The van der Waals surface area contributed by atoms with Crippen molar-refractivity contribution in [3.63, 3.8) is 0 Å². The summed E-state index contributed by atoms with van der Waals surface area (Å²) in [5.41, 5.74) is 15.7. The lowest BCUT2D eigenvalue weighted by Crippen LogP contribution is -1.96. The Kier molecular flexibility index (Phi) is 11.1. The highest BCUT2D eigenvalue weighted by molar-refractivity contribution is 5.88. The summed E-state index contributed by atoms with van der Waals surface area (Å²) < 4.78 is 0. The normalized spacial score (nSPS) is 10.2. The molecule has 39 heavy (non-hydrogen) atoms. The zero-order valence-electron chi connectivity index (χ0n) is 25.3. The standard InChI is InChI=1S/C19H24.C9H10O2.C8H10O/c1-12-7-18(8-13(2)16(12)5)11-19-9-14(3)17(6)15(4)10-19;1-6-3-7(2)5-8(4-6)9(10)11;1-6-3-4-8(9)7(2)5-6/h7-10H,11H2,1-6H3;3-5H,1-2H3,(H,10,11);3-5,9H,1-2H3. The molecule has 0 spiro atoms. The maximum absolute atomic E-state index is 10.5. The lowest BCUT2D eigenvalue weighted by atomic mass is 9.94. The number of rotatable bonds is 3. The number of phenols is 1. The minimum atomic E-state index is -0.864. The van der Waals surface area contributed by atoms with Crippen LogP contribution >= 0.6 is 0 Å². The Bertz CT molecular complexity index is 1340. The molecule has 0 aliphatic rings. The van der Waals surface area contributed by atoms with Crippen LogP contribution in [-0.2, 0) is 6.42 Å². The monoisotopic (exact) mass is 524 g/mol. The molecule has 3 heteroatoms. The van der Waals surface area contributed by atoms with E-state index in [0.717, 1.165) is 23.1 Å². The molecule has 206 valence electrons. The molecule has 0 aliphatic carbocycles. The second kappa shape index (κ2) is 13.8. The van der Waals surface area contributed by atoms with E-state index >= 15 is 0 Å². The molecule has 4 aromatic carbocycles. The summed E-state index contributed by atoms with van der Waals surface area (Å²) in [4.78, 5) is 10.5. The van der Waals surface area contributed by atoms with Crippen molar-refractivity contribution in [3.05, 3.63) is 133 Å². The molecule has 0 atom stereocenters. The van der Waals surface area contributed by atoms with Crippen LogP contribution in [0.4, 0.5) is 0 Å². The van der Waals surface area contributed by atoms with Gasteiger partial charge >= 0.3 is 5.97 Å². The Balaban J connectivity index is 0.000000226. The van der Waals surface area contributed by atoms with Crippen LogP contribution in [0.2, 0.25) is 0 Å². The molecule has 0 aliphatic heterocycles. The van der Waals surface area contributed by atoms with Gasteiger partial charge in [-0.15, -0.1) is 0 Å². The highest BCUT2D eigenvalue weighted by atomic mass is 16.4. The number of aromatic carboxylic acids is 1. The van der Waals surface area contributed by atoms with Gasteiger partial charge in [0.25, 0.3) is 0 Å². The van der Waals surface area contributed by atoms with E-state index in [1.54, 1.807) is 18.2 Å². The van der Waals surface area contributed by atoms with Crippen LogP contribution in [0.15, 0.2) is 60.7 Å². The van der Waals surface area contributed by atoms with E-state index in [0.29, 0.717) is 11.3 Å². The maximum atomic E-state index is 10.5. The molecule has 0 aromatic heterocycles. The maximum Gasteiger partial charge on any atom is 0.335 e. The average Bonchev–Trinajstić information content (AvgIpc) is 2.83. The van der Waals surface area contributed by atoms with E-state index < -0.39 is 5.97 Å². The number of benzene rings is 4. The number of carboxylic acids is 1. The Labute approximate surface area is 235 Å². The van der Waals surface area contributed by atoms with Crippen molar-refractivity contribution in [1.82, 2.24) is 0 Å². The van der Waals surface area contributed by atoms with Crippen molar-refractivity contribution in [2.75, 3.05) is 0 Å². The Hall–Kier alpha value is -3.85. The minimum Gasteiger partial charge on any atom is -0.508 e. The van der Waals surface area contributed by atoms with Crippen molar-refractivity contribution in [3.8, 4) is 5.75 Å². The fraction of sp³-hybridized carbons (Fsp3) is 0.306. The van der Waals surface area contributed by atoms with Gasteiger partial charge in [-0.25, -0.2) is 4.79 Å². The molecule has 0 bridgehead atoms. The summed E-state index contributed by atoms with van der Waals surface area (Å²) in [5.74, 6) is -0.489. The first-order chi connectivity index (χ1) is 18.2. The number of aryl methyl sites for hydroxylation is 8. The van der Waals surface area contributed by atoms with Crippen molar-refractivity contribution >= 4 is 5.97 Å². The van der Waals surface area contributed by atoms with Crippen LogP contribution in [0.1, 0.15) is 77.1 Å². The second-order valence-corrected chi connectivity index (χ2v) is 10.9. The van der Waals surface area contributed by atoms with Gasteiger partial charge in [-0.1, -0.05) is 59.2 Å². The average molecular weight is 525 g/mol. The third-order valence-electron chi connectivity index (χ3n) is 7.20. The van der Waals surface area contributed by atoms with E-state index in [1.807, 2.05) is 45.9 Å². The van der Waals surface area contributed by atoms with E-state index in [2.05, 4.69) is 65.8 Å². The van der Waals surface area contributed by atoms with Gasteiger partial charge in [0, 0.05) is 0 Å². The van der Waals surface area contributed by atoms with Gasteiger partial charge in [-0.2, -0.15) is 0 Å². The lowest BCUT2D eigenvalue weighted by molar-refractivity contribution is 0.0696. The van der Waals surface area contributed by atoms with Gasteiger partial charge in [0.15, 0.2) is 0 Å². The molecule has 0 fully saturated rings. The molecule has 2 N–H and O–H groups in total. The SMILES string of the molecule is Cc1cc(C)cc(C(=O)O)c1.Cc1cc(Cc2cc(C)c(C)c(C)c2)cc(C)c1C.Cc1ccc(O)c(C)c1. The molecule has 0 radical (unpaired) electrons. The quantitative estimate of drug-likeness (QED) is 0.281. The van der Waals surface area contributed by atoms with Crippen molar-refractivity contribution in [2.45, 2.75) is 75.7 Å². The fourth-order valence-corrected chi connectivity index (χ4v) is 4.59. The Morgan fingerprint density at radius 2 is 0.949 bits per heavy atom. The zero-order valence-corrected chi connectivity index (χ0v) is 25.3. The highest BCUT2D eigenvalue weighted by Gasteiger charge is 2.05. The summed E-state index contributed by atoms with van der Waals surface area (Å²) >= 11 is 0. The number of hydrogen-bond acceptors (Lipinski definition) is 2. The Morgan fingerprint density at radius 3 is 1.28 bits per heavy atom. The van der Waals surface area contributed by atoms with Crippen LogP contribution < -0.4 is 0 Å². The largest absolute Gasteiger partial charge is 0.508 e. The molecule has 0 amide bonds. The van der Waals surface area contributed by atoms with Gasteiger partial charge in [0.05, 0.1) is 5.56 Å². The third kappa shape index (κ3) is 9.44. The smallest absolute Gasteiger partial charge is 0.335 e. The Morgan fingerprint density at radius 1 is 0.538 bits per heavy atom. The van der Waals surface area contributed by atoms with E-state index in [9.17, 15) is 4.79 Å². The summed E-state index contributed by atoms with van der Waals surface area (Å²) in [6, 6.07) is 20.1. The first-order valence-electron chi connectivity index (χ1n) is 13.4. The second-order valence-electron chi connectivity index (χ2n) is 10.9. The van der Waals surface area contributed by atoms with Gasteiger partial charge in [0.2, 0.25) is 0 Å². The molecule has 0 saturated heterocycles. The van der Waals surface area contributed by atoms with Gasteiger partial charge in [-0.3, -0.25) is 0 Å². The molecule has 4 rings (SSSR count). The molecule has 4 aromatic rings. The summed E-state index contributed by atoms with van der Waals surface area (Å²) in [5, 5.41) is 17.7. The number of carboxylic acid groups (broad SMARTS) is 1. The zero-order chi connectivity index (χ0) is 29.4. The number of hydrogen-bond donors (Lipinski definition) is 2. The predicted octanol–water partition coefficient (Wildman–Crippen LogP) is 9.14. The minimum absolute atomic E-state index is 0.363. The fourth-order valence-electron chi connectivity index (χ4n) is 4.59. The first kappa shape index (κ1) is 31.4. The first-order valence-corrected chi connectivity index (χ1v) is 13.4. The number of aromatic hydroxyl groups is 1. The van der Waals surface area contributed by atoms with Crippen LogP contribution in [0.3, 0.4) is 0 Å². The molecule has 0 heterocycles. The van der Waals surface area contributed by atoms with Crippen LogP contribution in [0.25, 0.3) is 0 Å². The summed E-state index contributed by atoms with van der Waals surface area (Å²) in [7, 11) is 0. The van der Waals surface area contributed by atoms with Crippen molar-refractivity contribution < 1.29 is 15.0 Å². The lowest BCUT2D eigenvalue weighted by Gasteiger charge is -2.12. The summed E-state index contributed by atoms with van der Waals surface area (Å²) in [6.45, 7) is 20.9. The van der Waals surface area contributed by atoms with E-state index in [4.69, 9.17) is 10.2 Å². The van der Waals surface area contributed by atoms with E-state index in [1.165, 1.54) is 50.1 Å². The van der Waals surface area contributed by atoms with Gasteiger partial charge in [0.1, 0.15) is 5.75 Å². The van der Waals surface area contributed by atoms with Crippen molar-refractivity contribution in [2.24, 2.45) is 0 Å². The van der Waals surface area contributed by atoms with Crippen LogP contribution in [-0.4, -0.2) is 16.2 Å². The summed E-state index contributed by atoms with van der Waals surface area (Å²) in [6.07, 6.45) is 1.03. The van der Waals surface area contributed by atoms with Crippen molar-refractivity contribution in [1.29, 1.82) is 0 Å².